The molecule has 3 amide bonds. The zero-order valence-corrected chi connectivity index (χ0v) is 12.4. The van der Waals surface area contributed by atoms with Crippen LogP contribution in [-0.2, 0) is 14.3 Å². The SMILES string of the molecule is CCCN(C(=O)NCC(=O)NCC)C1COCC1C(=O)O. The third-order valence-electron chi connectivity index (χ3n) is 3.27. The van der Waals surface area contributed by atoms with Crippen LogP contribution in [-0.4, -0.2) is 66.8 Å². The van der Waals surface area contributed by atoms with Crippen LogP contribution in [0.25, 0.3) is 0 Å². The van der Waals surface area contributed by atoms with Gasteiger partial charge in [0.1, 0.15) is 5.92 Å². The Labute approximate surface area is 123 Å². The van der Waals surface area contributed by atoms with Crippen molar-refractivity contribution in [1.82, 2.24) is 15.5 Å². The predicted molar refractivity (Wildman–Crippen MR) is 74.8 cm³/mol. The second kappa shape index (κ2) is 8.46. The van der Waals surface area contributed by atoms with Gasteiger partial charge in [0.25, 0.3) is 0 Å². The first-order valence-electron chi connectivity index (χ1n) is 7.12. The van der Waals surface area contributed by atoms with Crippen molar-refractivity contribution in [2.24, 2.45) is 5.92 Å². The Kier molecular flexibility index (Phi) is 6.93. The average Bonchev–Trinajstić information content (AvgIpc) is 2.91. The number of aliphatic carboxylic acids is 1. The number of hydrogen-bond donors (Lipinski definition) is 3. The molecule has 0 spiro atoms. The van der Waals surface area contributed by atoms with Crippen LogP contribution in [0.1, 0.15) is 20.3 Å². The van der Waals surface area contributed by atoms with E-state index in [0.29, 0.717) is 19.5 Å². The van der Waals surface area contributed by atoms with Gasteiger partial charge in [0, 0.05) is 13.1 Å². The van der Waals surface area contributed by atoms with E-state index in [0.717, 1.165) is 0 Å². The summed E-state index contributed by atoms with van der Waals surface area (Å²) in [5, 5.41) is 14.3. The van der Waals surface area contributed by atoms with Gasteiger partial charge in [0.2, 0.25) is 5.91 Å². The number of carboxylic acids is 1. The van der Waals surface area contributed by atoms with E-state index in [-0.39, 0.29) is 25.7 Å². The van der Waals surface area contributed by atoms with Crippen LogP contribution in [0.3, 0.4) is 0 Å². The molecule has 0 radical (unpaired) electrons. The minimum atomic E-state index is -0.977. The lowest BCUT2D eigenvalue weighted by molar-refractivity contribution is -0.142. The maximum absolute atomic E-state index is 12.2. The Balaban J connectivity index is 2.65. The minimum Gasteiger partial charge on any atom is -0.481 e. The van der Waals surface area contributed by atoms with Crippen LogP contribution in [0, 0.1) is 5.92 Å². The lowest BCUT2D eigenvalue weighted by Crippen LogP contribution is -2.52. The topological polar surface area (TPSA) is 108 Å². The Morgan fingerprint density at radius 2 is 1.95 bits per heavy atom. The van der Waals surface area contributed by atoms with E-state index >= 15 is 0 Å². The van der Waals surface area contributed by atoms with Crippen LogP contribution in [0.2, 0.25) is 0 Å². The Bertz CT molecular complexity index is 388. The molecule has 1 rings (SSSR count). The predicted octanol–water partition coefficient (Wildman–Crippen LogP) is -0.356. The number of ether oxygens (including phenoxy) is 1. The summed E-state index contributed by atoms with van der Waals surface area (Å²) >= 11 is 0. The summed E-state index contributed by atoms with van der Waals surface area (Å²) < 4.78 is 5.19. The fraction of sp³-hybridized carbons (Fsp3) is 0.769. The standard InChI is InChI=1S/C13H23N3O5/c1-3-5-16(10-8-21-7-9(10)12(18)19)13(20)15-6-11(17)14-4-2/h9-10H,3-8H2,1-2H3,(H,14,17)(H,15,20)(H,18,19). The molecule has 8 nitrogen and oxygen atoms in total. The lowest BCUT2D eigenvalue weighted by atomic mass is 10.0. The van der Waals surface area contributed by atoms with Gasteiger partial charge in [0.15, 0.2) is 0 Å². The van der Waals surface area contributed by atoms with Gasteiger partial charge in [-0.25, -0.2) is 4.79 Å². The highest BCUT2D eigenvalue weighted by Crippen LogP contribution is 2.20. The fourth-order valence-electron chi connectivity index (χ4n) is 2.26. The zero-order valence-electron chi connectivity index (χ0n) is 12.4. The third-order valence-corrected chi connectivity index (χ3v) is 3.27. The molecule has 0 aliphatic carbocycles. The van der Waals surface area contributed by atoms with Gasteiger partial charge in [0.05, 0.1) is 25.8 Å². The first-order chi connectivity index (χ1) is 10.0. The van der Waals surface area contributed by atoms with E-state index in [2.05, 4.69) is 10.6 Å². The number of hydrogen-bond acceptors (Lipinski definition) is 4. The van der Waals surface area contributed by atoms with Gasteiger partial charge < -0.3 is 25.4 Å². The van der Waals surface area contributed by atoms with E-state index in [1.165, 1.54) is 4.90 Å². The summed E-state index contributed by atoms with van der Waals surface area (Å²) in [5.74, 6) is -1.98. The number of amides is 3. The number of carboxylic acid groups (broad SMARTS) is 1. The molecule has 2 atom stereocenters. The van der Waals surface area contributed by atoms with Crippen molar-refractivity contribution in [1.29, 1.82) is 0 Å². The quantitative estimate of drug-likeness (QED) is 0.595. The molecule has 0 aromatic heterocycles. The maximum atomic E-state index is 12.2. The highest BCUT2D eigenvalue weighted by Gasteiger charge is 2.39. The van der Waals surface area contributed by atoms with Gasteiger partial charge in [-0.05, 0) is 13.3 Å². The van der Waals surface area contributed by atoms with E-state index < -0.39 is 24.0 Å². The van der Waals surface area contributed by atoms with E-state index in [4.69, 9.17) is 9.84 Å². The largest absolute Gasteiger partial charge is 0.481 e. The second-order valence-electron chi connectivity index (χ2n) is 4.86. The highest BCUT2D eigenvalue weighted by molar-refractivity contribution is 5.84. The smallest absolute Gasteiger partial charge is 0.318 e. The number of carbonyl (C=O) groups is 3. The van der Waals surface area contributed by atoms with Crippen molar-refractivity contribution in [2.75, 3.05) is 32.8 Å². The summed E-state index contributed by atoms with van der Waals surface area (Å²) in [6.45, 7) is 4.77. The first-order valence-corrected chi connectivity index (χ1v) is 7.12. The number of nitrogens with one attached hydrogen (secondary N) is 2. The molecule has 1 fully saturated rings. The summed E-state index contributed by atoms with van der Waals surface area (Å²) in [6, 6.07) is -0.943. The van der Waals surface area contributed by atoms with Crippen molar-refractivity contribution in [3.8, 4) is 0 Å². The number of urea groups is 1. The summed E-state index contributed by atoms with van der Waals surface area (Å²) in [7, 11) is 0. The van der Waals surface area contributed by atoms with Crippen LogP contribution >= 0.6 is 0 Å². The van der Waals surface area contributed by atoms with Crippen molar-refractivity contribution in [3.63, 3.8) is 0 Å². The Hall–Kier alpha value is -1.83. The summed E-state index contributed by atoms with van der Waals surface area (Å²) in [5.41, 5.74) is 0. The van der Waals surface area contributed by atoms with Crippen molar-refractivity contribution >= 4 is 17.9 Å². The van der Waals surface area contributed by atoms with Crippen LogP contribution < -0.4 is 10.6 Å². The molecule has 0 aromatic carbocycles. The van der Waals surface area contributed by atoms with Gasteiger partial charge >= 0.3 is 12.0 Å². The average molecular weight is 301 g/mol. The molecule has 1 saturated heterocycles. The van der Waals surface area contributed by atoms with Crippen molar-refractivity contribution in [2.45, 2.75) is 26.3 Å². The molecule has 2 unspecified atom stereocenters. The lowest BCUT2D eigenvalue weighted by Gasteiger charge is -2.30. The van der Waals surface area contributed by atoms with Crippen LogP contribution in [0.4, 0.5) is 4.79 Å². The first kappa shape index (κ1) is 17.2. The molecular weight excluding hydrogens is 278 g/mol. The molecule has 120 valence electrons. The summed E-state index contributed by atoms with van der Waals surface area (Å²) in [4.78, 5) is 36.2. The highest BCUT2D eigenvalue weighted by atomic mass is 16.5. The normalized spacial score (nSPS) is 20.9. The Morgan fingerprint density at radius 3 is 2.52 bits per heavy atom. The molecule has 1 heterocycles. The zero-order chi connectivity index (χ0) is 15.8. The van der Waals surface area contributed by atoms with Crippen LogP contribution in [0.5, 0.6) is 0 Å². The Morgan fingerprint density at radius 1 is 1.24 bits per heavy atom. The molecule has 0 bridgehead atoms. The molecule has 21 heavy (non-hydrogen) atoms. The van der Waals surface area contributed by atoms with Crippen molar-refractivity contribution < 1.29 is 24.2 Å². The van der Waals surface area contributed by atoms with Gasteiger partial charge in [-0.15, -0.1) is 0 Å². The molecule has 8 heteroatoms. The number of likely N-dealkylation sites (N-methyl/N-ethyl adjacent to an activating group) is 1. The maximum Gasteiger partial charge on any atom is 0.318 e. The summed E-state index contributed by atoms with van der Waals surface area (Å²) in [6.07, 6.45) is 0.692. The number of nitrogens with zero attached hydrogens (tertiary/aromatic N) is 1. The molecule has 1 aliphatic rings. The molecule has 3 N–H and O–H groups in total. The van der Waals surface area contributed by atoms with Gasteiger partial charge in [-0.3, -0.25) is 9.59 Å². The van der Waals surface area contributed by atoms with E-state index in [1.807, 2.05) is 6.92 Å². The minimum absolute atomic E-state index is 0.101. The monoisotopic (exact) mass is 301 g/mol. The molecule has 1 aliphatic heterocycles. The second-order valence-corrected chi connectivity index (χ2v) is 4.86. The van der Waals surface area contributed by atoms with E-state index in [9.17, 15) is 14.4 Å². The molecular formula is C13H23N3O5. The third kappa shape index (κ3) is 4.89. The molecule has 0 saturated carbocycles. The van der Waals surface area contributed by atoms with E-state index in [1.54, 1.807) is 6.92 Å². The number of carbonyl (C=O) groups excluding carboxylic acids is 2. The van der Waals surface area contributed by atoms with Crippen molar-refractivity contribution in [3.05, 3.63) is 0 Å². The number of rotatable bonds is 7. The van der Waals surface area contributed by atoms with Crippen LogP contribution in [0.15, 0.2) is 0 Å². The molecule has 0 aromatic rings. The van der Waals surface area contributed by atoms with Gasteiger partial charge in [-0.2, -0.15) is 0 Å². The fourth-order valence-corrected chi connectivity index (χ4v) is 2.26. The van der Waals surface area contributed by atoms with Gasteiger partial charge in [-0.1, -0.05) is 6.92 Å².